The zero-order valence-electron chi connectivity index (χ0n) is 8.08. The van der Waals surface area contributed by atoms with Crippen LogP contribution >= 0.6 is 0 Å². The molecule has 0 radical (unpaired) electrons. The van der Waals surface area contributed by atoms with Crippen LogP contribution in [0.4, 0.5) is 0 Å². The first-order chi connectivity index (χ1) is 5.58. The number of hydrogen-bond donors (Lipinski definition) is 1. The second-order valence-electron chi connectivity index (χ2n) is 5.14. The first kappa shape index (κ1) is 8.52. The molecule has 1 unspecified atom stereocenters. The topological polar surface area (TPSA) is 23.5 Å². The minimum absolute atomic E-state index is 0.115. The molecule has 1 aliphatic heterocycles. The van der Waals surface area contributed by atoms with Crippen molar-refractivity contribution in [1.29, 1.82) is 0 Å². The zero-order valence-corrected chi connectivity index (χ0v) is 8.08. The lowest BCUT2D eigenvalue weighted by molar-refractivity contribution is 0.0955. The van der Waals surface area contributed by atoms with E-state index in [0.717, 1.165) is 19.0 Å². The van der Waals surface area contributed by atoms with E-state index in [1.54, 1.807) is 0 Å². The van der Waals surface area contributed by atoms with Crippen molar-refractivity contribution in [2.24, 2.45) is 11.3 Å². The van der Waals surface area contributed by atoms with Crippen molar-refractivity contribution < 1.29 is 5.11 Å². The summed E-state index contributed by atoms with van der Waals surface area (Å²) in [6.45, 7) is 7.50. The van der Waals surface area contributed by atoms with Gasteiger partial charge in [-0.3, -0.25) is 4.90 Å². The van der Waals surface area contributed by atoms with E-state index in [0.29, 0.717) is 0 Å². The number of likely N-dealkylation sites (tertiary alicyclic amines) is 1. The van der Waals surface area contributed by atoms with E-state index in [4.69, 9.17) is 0 Å². The SMILES string of the molecule is CC1(C)CN(CC2CC2)CC1O. The largest absolute Gasteiger partial charge is 0.391 e. The van der Waals surface area contributed by atoms with Gasteiger partial charge < -0.3 is 5.11 Å². The highest BCUT2D eigenvalue weighted by atomic mass is 16.3. The number of β-amino-alcohol motifs (C(OH)–C–C–N with tert-alkyl or cyclic N) is 1. The van der Waals surface area contributed by atoms with Crippen LogP contribution in [0.1, 0.15) is 26.7 Å². The first-order valence-electron chi connectivity index (χ1n) is 4.98. The highest BCUT2D eigenvalue weighted by Gasteiger charge is 2.39. The third kappa shape index (κ3) is 1.64. The predicted molar refractivity (Wildman–Crippen MR) is 49.0 cm³/mol. The lowest BCUT2D eigenvalue weighted by atomic mass is 9.90. The minimum atomic E-state index is -0.115. The normalized spacial score (nSPS) is 35.8. The van der Waals surface area contributed by atoms with Crippen molar-refractivity contribution in [3.8, 4) is 0 Å². The van der Waals surface area contributed by atoms with Crippen LogP contribution in [0.25, 0.3) is 0 Å². The smallest absolute Gasteiger partial charge is 0.0730 e. The van der Waals surface area contributed by atoms with Crippen LogP contribution in [0.3, 0.4) is 0 Å². The summed E-state index contributed by atoms with van der Waals surface area (Å²) in [5, 5.41) is 9.72. The van der Waals surface area contributed by atoms with Crippen molar-refractivity contribution in [3.05, 3.63) is 0 Å². The Morgan fingerprint density at radius 2 is 2.08 bits per heavy atom. The molecule has 0 aromatic rings. The monoisotopic (exact) mass is 169 g/mol. The van der Waals surface area contributed by atoms with Gasteiger partial charge in [0.1, 0.15) is 0 Å². The Hall–Kier alpha value is -0.0800. The molecule has 0 spiro atoms. The lowest BCUT2D eigenvalue weighted by Gasteiger charge is -2.21. The van der Waals surface area contributed by atoms with Gasteiger partial charge in [-0.15, -0.1) is 0 Å². The van der Waals surface area contributed by atoms with Gasteiger partial charge in [0.05, 0.1) is 6.10 Å². The molecule has 1 aliphatic carbocycles. The fourth-order valence-electron chi connectivity index (χ4n) is 2.04. The van der Waals surface area contributed by atoms with Crippen LogP contribution in [0.15, 0.2) is 0 Å². The zero-order chi connectivity index (χ0) is 8.77. The van der Waals surface area contributed by atoms with Gasteiger partial charge in [0.2, 0.25) is 0 Å². The van der Waals surface area contributed by atoms with Crippen LogP contribution in [0.5, 0.6) is 0 Å². The van der Waals surface area contributed by atoms with E-state index in [9.17, 15) is 5.11 Å². The molecule has 2 heteroatoms. The van der Waals surface area contributed by atoms with E-state index < -0.39 is 0 Å². The molecule has 1 N–H and O–H groups in total. The van der Waals surface area contributed by atoms with Gasteiger partial charge in [-0.25, -0.2) is 0 Å². The van der Waals surface area contributed by atoms with Gasteiger partial charge in [-0.2, -0.15) is 0 Å². The molecule has 0 aromatic heterocycles. The van der Waals surface area contributed by atoms with Crippen molar-refractivity contribution in [3.63, 3.8) is 0 Å². The first-order valence-corrected chi connectivity index (χ1v) is 4.98. The number of rotatable bonds is 2. The number of hydrogen-bond acceptors (Lipinski definition) is 2. The van der Waals surface area contributed by atoms with Crippen LogP contribution in [0, 0.1) is 11.3 Å². The van der Waals surface area contributed by atoms with Gasteiger partial charge >= 0.3 is 0 Å². The van der Waals surface area contributed by atoms with Crippen molar-refractivity contribution >= 4 is 0 Å². The molecule has 1 atom stereocenters. The molecule has 2 aliphatic rings. The Kier molecular flexibility index (Phi) is 1.92. The molecular formula is C10H19NO. The molecule has 2 rings (SSSR count). The second-order valence-corrected chi connectivity index (χ2v) is 5.14. The van der Waals surface area contributed by atoms with E-state index in [2.05, 4.69) is 18.7 Å². The Balaban J connectivity index is 1.86. The molecule has 2 nitrogen and oxygen atoms in total. The summed E-state index contributed by atoms with van der Waals surface area (Å²) in [5.74, 6) is 0.950. The summed E-state index contributed by atoms with van der Waals surface area (Å²) in [7, 11) is 0. The van der Waals surface area contributed by atoms with Crippen molar-refractivity contribution in [2.75, 3.05) is 19.6 Å². The van der Waals surface area contributed by atoms with Crippen molar-refractivity contribution in [2.45, 2.75) is 32.8 Å². The number of aliphatic hydroxyl groups is 1. The molecule has 2 fully saturated rings. The standard InChI is InChI=1S/C10H19NO/c1-10(2)7-11(6-9(10)12)5-8-3-4-8/h8-9,12H,3-7H2,1-2H3. The van der Waals surface area contributed by atoms with Gasteiger partial charge in [-0.1, -0.05) is 13.8 Å². The quantitative estimate of drug-likeness (QED) is 0.669. The average Bonchev–Trinajstić information content (AvgIpc) is 2.65. The van der Waals surface area contributed by atoms with E-state index >= 15 is 0 Å². The molecule has 0 amide bonds. The molecule has 70 valence electrons. The lowest BCUT2D eigenvalue weighted by Crippen LogP contribution is -2.26. The van der Waals surface area contributed by atoms with Crippen molar-refractivity contribution in [1.82, 2.24) is 4.90 Å². The summed E-state index contributed by atoms with van der Waals surface area (Å²) in [4.78, 5) is 2.42. The van der Waals surface area contributed by atoms with Gasteiger partial charge in [0, 0.05) is 25.0 Å². The van der Waals surface area contributed by atoms with E-state index in [1.165, 1.54) is 19.4 Å². The summed E-state index contributed by atoms with van der Waals surface area (Å²) in [5.41, 5.74) is 0.120. The van der Waals surface area contributed by atoms with E-state index in [-0.39, 0.29) is 11.5 Å². The molecule has 0 bridgehead atoms. The molecular weight excluding hydrogens is 150 g/mol. The van der Waals surface area contributed by atoms with Crippen LogP contribution in [-0.4, -0.2) is 35.7 Å². The van der Waals surface area contributed by atoms with Gasteiger partial charge in [0.25, 0.3) is 0 Å². The predicted octanol–water partition coefficient (Wildman–Crippen LogP) is 1.10. The maximum absolute atomic E-state index is 9.72. The fraction of sp³-hybridized carbons (Fsp3) is 1.00. The molecule has 1 saturated heterocycles. The number of nitrogens with zero attached hydrogens (tertiary/aromatic N) is 1. The highest BCUT2D eigenvalue weighted by Crippen LogP contribution is 2.35. The maximum atomic E-state index is 9.72. The summed E-state index contributed by atoms with van der Waals surface area (Å²) < 4.78 is 0. The van der Waals surface area contributed by atoms with Gasteiger partial charge in [0.15, 0.2) is 0 Å². The molecule has 1 heterocycles. The minimum Gasteiger partial charge on any atom is -0.391 e. The Morgan fingerprint density at radius 1 is 1.42 bits per heavy atom. The Labute approximate surface area is 74.6 Å². The third-order valence-electron chi connectivity index (χ3n) is 3.18. The molecule has 12 heavy (non-hydrogen) atoms. The summed E-state index contributed by atoms with van der Waals surface area (Å²) >= 11 is 0. The summed E-state index contributed by atoms with van der Waals surface area (Å²) in [6.07, 6.45) is 2.70. The molecule has 1 saturated carbocycles. The number of aliphatic hydroxyl groups excluding tert-OH is 1. The van der Waals surface area contributed by atoms with Crippen LogP contribution < -0.4 is 0 Å². The summed E-state index contributed by atoms with van der Waals surface area (Å²) in [6, 6.07) is 0. The Morgan fingerprint density at radius 3 is 2.50 bits per heavy atom. The Bertz CT molecular complexity index is 175. The highest BCUT2D eigenvalue weighted by molar-refractivity contribution is 4.92. The fourth-order valence-corrected chi connectivity index (χ4v) is 2.04. The van der Waals surface area contributed by atoms with Crippen LogP contribution in [0.2, 0.25) is 0 Å². The maximum Gasteiger partial charge on any atom is 0.0730 e. The molecule has 0 aromatic carbocycles. The van der Waals surface area contributed by atoms with E-state index in [1.807, 2.05) is 0 Å². The van der Waals surface area contributed by atoms with Gasteiger partial charge in [-0.05, 0) is 18.8 Å². The average molecular weight is 169 g/mol. The third-order valence-corrected chi connectivity index (χ3v) is 3.18. The second kappa shape index (κ2) is 2.71. The van der Waals surface area contributed by atoms with Crippen LogP contribution in [-0.2, 0) is 0 Å².